The molecular formula is C21H25FO3S. The van der Waals surface area contributed by atoms with Crippen LogP contribution in [0.3, 0.4) is 0 Å². The van der Waals surface area contributed by atoms with Crippen molar-refractivity contribution in [3.05, 3.63) is 56.5 Å². The van der Waals surface area contributed by atoms with E-state index in [1.54, 1.807) is 6.07 Å². The highest BCUT2D eigenvalue weighted by atomic mass is 32.1. The van der Waals surface area contributed by atoms with Crippen LogP contribution in [0.2, 0.25) is 0 Å². The van der Waals surface area contributed by atoms with E-state index in [0.29, 0.717) is 24.8 Å². The van der Waals surface area contributed by atoms with E-state index < -0.39 is 6.10 Å². The van der Waals surface area contributed by atoms with Crippen LogP contribution in [0, 0.1) is 5.82 Å². The van der Waals surface area contributed by atoms with Crippen molar-refractivity contribution in [1.29, 1.82) is 0 Å². The molecule has 1 aromatic heterocycles. The minimum absolute atomic E-state index is 0.109. The van der Waals surface area contributed by atoms with Crippen LogP contribution in [0.5, 0.6) is 0 Å². The molecule has 1 aliphatic heterocycles. The lowest BCUT2D eigenvalue weighted by Gasteiger charge is -2.32. The molecule has 0 spiro atoms. The van der Waals surface area contributed by atoms with Gasteiger partial charge in [0.15, 0.2) is 0 Å². The Labute approximate surface area is 157 Å². The molecule has 2 aliphatic rings. The molecule has 0 radical (unpaired) electrons. The van der Waals surface area contributed by atoms with Gasteiger partial charge in [-0.2, -0.15) is 0 Å². The Morgan fingerprint density at radius 1 is 1.15 bits per heavy atom. The Morgan fingerprint density at radius 3 is 2.81 bits per heavy atom. The van der Waals surface area contributed by atoms with Crippen LogP contribution in [0.4, 0.5) is 4.39 Å². The van der Waals surface area contributed by atoms with Crippen molar-refractivity contribution >= 4 is 11.3 Å². The predicted octanol–water partition coefficient (Wildman–Crippen LogP) is 3.93. The minimum Gasteiger partial charge on any atom is -0.394 e. The summed E-state index contributed by atoms with van der Waals surface area (Å²) in [5.74, 6) is -0.199. The summed E-state index contributed by atoms with van der Waals surface area (Å²) in [4.78, 5) is 2.68. The number of hydrogen-bond acceptors (Lipinski definition) is 4. The second kappa shape index (κ2) is 7.77. The average Bonchev–Trinajstić information content (AvgIpc) is 3.05. The van der Waals surface area contributed by atoms with Crippen LogP contribution in [0.25, 0.3) is 0 Å². The molecule has 4 rings (SSSR count). The topological polar surface area (TPSA) is 49.7 Å². The van der Waals surface area contributed by atoms with E-state index in [9.17, 15) is 14.6 Å². The summed E-state index contributed by atoms with van der Waals surface area (Å²) in [5.41, 5.74) is 2.99. The van der Waals surface area contributed by atoms with E-state index in [1.165, 1.54) is 34.2 Å². The number of aliphatic hydroxyl groups is 2. The van der Waals surface area contributed by atoms with Crippen molar-refractivity contribution in [3.8, 4) is 0 Å². The summed E-state index contributed by atoms with van der Waals surface area (Å²) in [6.45, 7) is -0.109. The van der Waals surface area contributed by atoms with E-state index in [0.717, 1.165) is 18.4 Å². The number of thiophene rings is 1. The van der Waals surface area contributed by atoms with Crippen molar-refractivity contribution in [2.45, 2.75) is 63.3 Å². The van der Waals surface area contributed by atoms with Gasteiger partial charge in [-0.05, 0) is 60.6 Å². The van der Waals surface area contributed by atoms with Gasteiger partial charge in [-0.25, -0.2) is 4.39 Å². The van der Waals surface area contributed by atoms with Gasteiger partial charge in [0.1, 0.15) is 5.82 Å². The lowest BCUT2D eigenvalue weighted by Crippen LogP contribution is -2.33. The highest BCUT2D eigenvalue weighted by Gasteiger charge is 2.29. The number of fused-ring (bicyclic) bond motifs is 1. The van der Waals surface area contributed by atoms with E-state index in [1.807, 2.05) is 17.4 Å². The predicted molar refractivity (Wildman–Crippen MR) is 100 cm³/mol. The molecule has 26 heavy (non-hydrogen) atoms. The molecule has 1 saturated heterocycles. The molecule has 2 aromatic rings. The van der Waals surface area contributed by atoms with Crippen molar-refractivity contribution < 1.29 is 19.3 Å². The van der Waals surface area contributed by atoms with Crippen LogP contribution in [-0.4, -0.2) is 29.0 Å². The van der Waals surface area contributed by atoms with Gasteiger partial charge in [0.25, 0.3) is 0 Å². The Kier molecular flexibility index (Phi) is 5.41. The van der Waals surface area contributed by atoms with Gasteiger partial charge in [-0.1, -0.05) is 6.07 Å². The Morgan fingerprint density at radius 2 is 2.00 bits per heavy atom. The zero-order valence-electron chi connectivity index (χ0n) is 14.8. The first-order valence-corrected chi connectivity index (χ1v) is 10.3. The Bertz CT molecular complexity index is 749. The molecular weight excluding hydrogens is 351 g/mol. The molecule has 2 N–H and O–H groups in total. The van der Waals surface area contributed by atoms with Crippen molar-refractivity contribution in [2.24, 2.45) is 0 Å². The fraction of sp³-hybridized carbons (Fsp3) is 0.524. The Hall–Kier alpha value is -1.27. The molecule has 1 fully saturated rings. The van der Waals surface area contributed by atoms with E-state index in [-0.39, 0.29) is 24.6 Å². The molecule has 3 unspecified atom stereocenters. The van der Waals surface area contributed by atoms with Crippen LogP contribution in [0.1, 0.15) is 58.2 Å². The smallest absolute Gasteiger partial charge is 0.126 e. The molecule has 5 heteroatoms. The van der Waals surface area contributed by atoms with Gasteiger partial charge in [-0.3, -0.25) is 0 Å². The monoisotopic (exact) mass is 376 g/mol. The van der Waals surface area contributed by atoms with Crippen LogP contribution < -0.4 is 0 Å². The number of benzene rings is 1. The molecule has 0 amide bonds. The highest BCUT2D eigenvalue weighted by Crippen LogP contribution is 2.34. The van der Waals surface area contributed by atoms with Crippen LogP contribution in [-0.2, 0) is 24.0 Å². The molecule has 3 atom stereocenters. The summed E-state index contributed by atoms with van der Waals surface area (Å²) >= 11 is 1.81. The normalized spacial score (nSPS) is 25.9. The van der Waals surface area contributed by atoms with E-state index in [2.05, 4.69) is 6.07 Å². The van der Waals surface area contributed by atoms with Gasteiger partial charge in [0, 0.05) is 29.0 Å². The quantitative estimate of drug-likeness (QED) is 0.850. The summed E-state index contributed by atoms with van der Waals surface area (Å²) < 4.78 is 20.3. The first-order chi connectivity index (χ1) is 12.6. The summed E-state index contributed by atoms with van der Waals surface area (Å²) in [7, 11) is 0. The molecule has 1 aromatic carbocycles. The fourth-order valence-electron chi connectivity index (χ4n) is 4.08. The van der Waals surface area contributed by atoms with Gasteiger partial charge in [0.05, 0.1) is 24.9 Å². The molecule has 0 saturated carbocycles. The fourth-order valence-corrected chi connectivity index (χ4v) is 5.36. The van der Waals surface area contributed by atoms with Gasteiger partial charge < -0.3 is 14.9 Å². The molecule has 1 aliphatic carbocycles. The third-order valence-corrected chi connectivity index (χ3v) is 6.67. The van der Waals surface area contributed by atoms with Crippen molar-refractivity contribution in [2.75, 3.05) is 6.61 Å². The summed E-state index contributed by atoms with van der Waals surface area (Å²) in [5, 5.41) is 19.4. The van der Waals surface area contributed by atoms with Crippen LogP contribution >= 0.6 is 11.3 Å². The number of ether oxygens (including phenoxy) is 1. The van der Waals surface area contributed by atoms with E-state index in [4.69, 9.17) is 4.74 Å². The second-order valence-electron chi connectivity index (χ2n) is 7.45. The number of rotatable bonds is 4. The van der Waals surface area contributed by atoms with Gasteiger partial charge >= 0.3 is 0 Å². The average molecular weight is 376 g/mol. The number of aliphatic hydroxyl groups excluding tert-OH is 2. The third kappa shape index (κ3) is 3.86. The standard InChI is InChI=1S/C21H25FO3S/c22-19-6-5-13(20-11-16(24)10-17(12-23)25-20)7-15(19)9-18-8-14-3-1-2-4-21(14)26-18/h5-8,16-17,20,23-24H,1-4,9-12H2. The van der Waals surface area contributed by atoms with Crippen LogP contribution in [0.15, 0.2) is 24.3 Å². The lowest BCUT2D eigenvalue weighted by molar-refractivity contribution is -0.113. The minimum atomic E-state index is -0.497. The maximum absolute atomic E-state index is 14.4. The maximum atomic E-state index is 14.4. The number of halogens is 1. The largest absolute Gasteiger partial charge is 0.394 e. The zero-order chi connectivity index (χ0) is 18.1. The van der Waals surface area contributed by atoms with Crippen molar-refractivity contribution in [3.63, 3.8) is 0 Å². The SMILES string of the molecule is OCC1CC(O)CC(c2ccc(F)c(Cc3cc4c(s3)CCCC4)c2)O1. The van der Waals surface area contributed by atoms with Gasteiger partial charge in [-0.15, -0.1) is 11.3 Å². The molecule has 3 nitrogen and oxygen atoms in total. The Balaban J connectivity index is 1.55. The first-order valence-electron chi connectivity index (χ1n) is 9.45. The van der Waals surface area contributed by atoms with Gasteiger partial charge in [0.2, 0.25) is 0 Å². The van der Waals surface area contributed by atoms with Crippen molar-refractivity contribution in [1.82, 2.24) is 0 Å². The number of hydrogen-bond donors (Lipinski definition) is 2. The highest BCUT2D eigenvalue weighted by molar-refractivity contribution is 7.12. The molecule has 140 valence electrons. The third-order valence-electron chi connectivity index (χ3n) is 5.44. The maximum Gasteiger partial charge on any atom is 0.126 e. The first kappa shape index (κ1) is 18.1. The zero-order valence-corrected chi connectivity index (χ0v) is 15.6. The summed E-state index contributed by atoms with van der Waals surface area (Å²) in [6, 6.07) is 7.34. The molecule has 0 bridgehead atoms. The summed E-state index contributed by atoms with van der Waals surface area (Å²) in [6.07, 6.45) is 5.16. The lowest BCUT2D eigenvalue weighted by atomic mass is 9.94. The molecule has 2 heterocycles. The second-order valence-corrected chi connectivity index (χ2v) is 8.67. The number of aryl methyl sites for hydroxylation is 2. The van der Waals surface area contributed by atoms with E-state index >= 15 is 0 Å².